The number of hydrogen-bond donors (Lipinski definition) is 3. The molecule has 1 heterocycles. The van der Waals surface area contributed by atoms with Crippen molar-refractivity contribution in [1.29, 1.82) is 0 Å². The zero-order chi connectivity index (χ0) is 18.8. The number of carboxylic acid groups (broad SMARTS) is 1. The summed E-state index contributed by atoms with van der Waals surface area (Å²) in [6.07, 6.45) is -0.272. The minimum absolute atomic E-state index is 0.115. The maximum absolute atomic E-state index is 12.4. The molecule has 0 aromatic rings. The van der Waals surface area contributed by atoms with Crippen molar-refractivity contribution in [2.75, 3.05) is 6.54 Å². The average molecular weight is 344 g/mol. The summed E-state index contributed by atoms with van der Waals surface area (Å²) in [5.41, 5.74) is -3.36. The molecular formula is C16H28N2O6. The number of carbonyl (C=O) groups is 3. The first kappa shape index (κ1) is 20.2. The van der Waals surface area contributed by atoms with Gasteiger partial charge in [0, 0.05) is 12.5 Å². The number of alkyl carbamates (subject to hydrolysis) is 1. The van der Waals surface area contributed by atoms with E-state index in [0.29, 0.717) is 6.42 Å². The molecule has 1 rings (SSSR count). The quantitative estimate of drug-likeness (QED) is 0.524. The number of ether oxygens (including phenoxy) is 2. The summed E-state index contributed by atoms with van der Waals surface area (Å²) in [5.74, 6) is -2.19. The molecule has 8 nitrogen and oxygen atoms in total. The zero-order valence-corrected chi connectivity index (χ0v) is 15.2. The Bertz CT molecular complexity index is 506. The van der Waals surface area contributed by atoms with E-state index in [9.17, 15) is 19.5 Å². The SMILES string of the molecule is CC(C)(C)OC(=O)N[C@H]1CCN[C@](C(=O)O)(C(=O)OC(C)(C)C)C1. The van der Waals surface area contributed by atoms with Gasteiger partial charge in [0.1, 0.15) is 11.2 Å². The third-order valence-corrected chi connectivity index (χ3v) is 3.31. The number of amides is 1. The summed E-state index contributed by atoms with van der Waals surface area (Å²) in [5, 5.41) is 15.0. The van der Waals surface area contributed by atoms with Crippen LogP contribution >= 0.6 is 0 Å². The van der Waals surface area contributed by atoms with E-state index in [4.69, 9.17) is 9.47 Å². The lowest BCUT2D eigenvalue weighted by atomic mass is 9.85. The molecule has 0 aromatic heterocycles. The summed E-state index contributed by atoms with van der Waals surface area (Å²) < 4.78 is 10.4. The Kier molecular flexibility index (Phi) is 5.86. The number of carboxylic acids is 1. The zero-order valence-electron chi connectivity index (χ0n) is 15.2. The van der Waals surface area contributed by atoms with Gasteiger partial charge >= 0.3 is 18.0 Å². The van der Waals surface area contributed by atoms with Crippen LogP contribution in [-0.4, -0.2) is 52.5 Å². The van der Waals surface area contributed by atoms with Crippen molar-refractivity contribution >= 4 is 18.0 Å². The molecule has 1 aliphatic rings. The molecule has 1 amide bonds. The first-order valence-electron chi connectivity index (χ1n) is 7.96. The topological polar surface area (TPSA) is 114 Å². The molecule has 0 unspecified atom stereocenters. The van der Waals surface area contributed by atoms with Crippen LogP contribution in [-0.2, 0) is 19.1 Å². The molecule has 24 heavy (non-hydrogen) atoms. The Morgan fingerprint density at radius 3 is 2.08 bits per heavy atom. The maximum atomic E-state index is 12.4. The first-order chi connectivity index (χ1) is 10.8. The standard InChI is InChI=1S/C16H28N2O6/c1-14(2,3)23-12(21)16(11(19)20)9-10(7-8-17-16)18-13(22)24-15(4,5)6/h10,17H,7-9H2,1-6H3,(H,18,22)(H,19,20)/t10-,16+/m0/s1. The first-order valence-corrected chi connectivity index (χ1v) is 7.96. The van der Waals surface area contributed by atoms with Gasteiger partial charge in [0.2, 0.25) is 5.54 Å². The van der Waals surface area contributed by atoms with E-state index >= 15 is 0 Å². The van der Waals surface area contributed by atoms with Crippen molar-refractivity contribution in [2.45, 2.75) is 77.2 Å². The molecule has 0 bridgehead atoms. The van der Waals surface area contributed by atoms with Crippen LogP contribution in [0.3, 0.4) is 0 Å². The molecule has 8 heteroatoms. The predicted molar refractivity (Wildman–Crippen MR) is 86.6 cm³/mol. The molecule has 138 valence electrons. The van der Waals surface area contributed by atoms with Gasteiger partial charge < -0.3 is 19.9 Å². The smallest absolute Gasteiger partial charge is 0.407 e. The highest BCUT2D eigenvalue weighted by Crippen LogP contribution is 2.25. The van der Waals surface area contributed by atoms with Crippen molar-refractivity contribution in [1.82, 2.24) is 10.6 Å². The lowest BCUT2D eigenvalue weighted by Crippen LogP contribution is -2.66. The van der Waals surface area contributed by atoms with Crippen LogP contribution in [0.2, 0.25) is 0 Å². The fraction of sp³-hybridized carbons (Fsp3) is 0.812. The predicted octanol–water partition coefficient (Wildman–Crippen LogP) is 1.43. The molecule has 0 aromatic carbocycles. The van der Waals surface area contributed by atoms with Gasteiger partial charge in [-0.3, -0.25) is 5.32 Å². The summed E-state index contributed by atoms with van der Waals surface area (Å²) in [6.45, 7) is 10.5. The summed E-state index contributed by atoms with van der Waals surface area (Å²) in [7, 11) is 0. The van der Waals surface area contributed by atoms with Crippen molar-refractivity contribution in [3.05, 3.63) is 0 Å². The second-order valence-corrected chi connectivity index (χ2v) is 7.98. The van der Waals surface area contributed by atoms with Gasteiger partial charge in [0.25, 0.3) is 0 Å². The highest BCUT2D eigenvalue weighted by molar-refractivity contribution is 6.04. The molecule has 0 saturated carbocycles. The fourth-order valence-electron chi connectivity index (χ4n) is 2.37. The van der Waals surface area contributed by atoms with E-state index < -0.39 is 40.8 Å². The van der Waals surface area contributed by atoms with Gasteiger partial charge in [-0.2, -0.15) is 0 Å². The lowest BCUT2D eigenvalue weighted by Gasteiger charge is -2.38. The van der Waals surface area contributed by atoms with E-state index in [1.165, 1.54) is 0 Å². The maximum Gasteiger partial charge on any atom is 0.407 e. The van der Waals surface area contributed by atoms with Crippen LogP contribution in [0.4, 0.5) is 4.79 Å². The van der Waals surface area contributed by atoms with Crippen LogP contribution in [0, 0.1) is 0 Å². The van der Waals surface area contributed by atoms with E-state index in [0.717, 1.165) is 0 Å². The second-order valence-electron chi connectivity index (χ2n) is 7.98. The summed E-state index contributed by atoms with van der Waals surface area (Å²) in [4.78, 5) is 36.1. The van der Waals surface area contributed by atoms with Gasteiger partial charge in [-0.25, -0.2) is 14.4 Å². The Labute approximate surface area is 142 Å². The largest absolute Gasteiger partial charge is 0.479 e. The van der Waals surface area contributed by atoms with Crippen LogP contribution in [0.1, 0.15) is 54.4 Å². The van der Waals surface area contributed by atoms with Gasteiger partial charge in [-0.1, -0.05) is 0 Å². The van der Waals surface area contributed by atoms with E-state index in [1.807, 2.05) is 0 Å². The van der Waals surface area contributed by atoms with Crippen molar-refractivity contribution in [3.8, 4) is 0 Å². The molecule has 3 N–H and O–H groups in total. The number of piperidine rings is 1. The summed E-state index contributed by atoms with van der Waals surface area (Å²) >= 11 is 0. The van der Waals surface area contributed by atoms with E-state index in [2.05, 4.69) is 10.6 Å². The summed E-state index contributed by atoms with van der Waals surface area (Å²) in [6, 6.07) is -0.510. The Balaban J connectivity index is 2.87. The average Bonchev–Trinajstić information content (AvgIpc) is 2.33. The second kappa shape index (κ2) is 6.96. The van der Waals surface area contributed by atoms with E-state index in [-0.39, 0.29) is 13.0 Å². The van der Waals surface area contributed by atoms with Crippen LogP contribution in [0.15, 0.2) is 0 Å². The van der Waals surface area contributed by atoms with Crippen molar-refractivity contribution in [2.24, 2.45) is 0 Å². The van der Waals surface area contributed by atoms with Crippen LogP contribution in [0.25, 0.3) is 0 Å². The molecule has 0 radical (unpaired) electrons. The highest BCUT2D eigenvalue weighted by Gasteiger charge is 2.52. The van der Waals surface area contributed by atoms with Gasteiger partial charge in [0.15, 0.2) is 0 Å². The number of carbonyl (C=O) groups excluding carboxylic acids is 2. The molecule has 1 aliphatic heterocycles. The monoisotopic (exact) mass is 344 g/mol. The van der Waals surface area contributed by atoms with Gasteiger partial charge in [-0.15, -0.1) is 0 Å². The lowest BCUT2D eigenvalue weighted by molar-refractivity contribution is -0.173. The van der Waals surface area contributed by atoms with E-state index in [1.54, 1.807) is 41.5 Å². The minimum atomic E-state index is -1.88. The molecule has 1 saturated heterocycles. The number of nitrogens with one attached hydrogen (secondary N) is 2. The Morgan fingerprint density at radius 2 is 1.62 bits per heavy atom. The normalized spacial score (nSPS) is 24.8. The third kappa shape index (κ3) is 5.67. The Hall–Kier alpha value is -1.83. The molecule has 0 spiro atoms. The number of rotatable bonds is 3. The highest BCUT2D eigenvalue weighted by atomic mass is 16.6. The molecule has 0 aliphatic carbocycles. The van der Waals surface area contributed by atoms with Crippen molar-refractivity contribution < 1.29 is 29.0 Å². The molecular weight excluding hydrogens is 316 g/mol. The molecule has 1 fully saturated rings. The van der Waals surface area contributed by atoms with Gasteiger partial charge in [-0.05, 0) is 54.5 Å². The number of esters is 1. The van der Waals surface area contributed by atoms with Crippen LogP contribution < -0.4 is 10.6 Å². The van der Waals surface area contributed by atoms with Gasteiger partial charge in [0.05, 0.1) is 0 Å². The third-order valence-electron chi connectivity index (χ3n) is 3.31. The number of aliphatic carboxylic acids is 1. The van der Waals surface area contributed by atoms with Crippen LogP contribution in [0.5, 0.6) is 0 Å². The van der Waals surface area contributed by atoms with Crippen molar-refractivity contribution in [3.63, 3.8) is 0 Å². The minimum Gasteiger partial charge on any atom is -0.479 e. The number of hydrogen-bond acceptors (Lipinski definition) is 6. The molecule has 2 atom stereocenters. The fourth-order valence-corrected chi connectivity index (χ4v) is 2.37. The Morgan fingerprint density at radius 1 is 1.08 bits per heavy atom.